The van der Waals surface area contributed by atoms with Gasteiger partial charge in [-0.2, -0.15) is 5.09 Å². The lowest BCUT2D eigenvalue weighted by molar-refractivity contribution is -0.153. The first kappa shape index (κ1) is 11.1. The molecule has 15 heavy (non-hydrogen) atoms. The van der Waals surface area contributed by atoms with Crippen LogP contribution in [0, 0.1) is 0 Å². The zero-order valence-electron chi connectivity index (χ0n) is 8.86. The number of nitrogens with one attached hydrogen (secondary N) is 1. The summed E-state index contributed by atoms with van der Waals surface area (Å²) in [6, 6.07) is 11.0. The normalized spacial score (nSPS) is 27.3. The smallest absolute Gasteiger partial charge is 0.0475 e. The Morgan fingerprint density at radius 3 is 2.60 bits per heavy atom. The molecule has 1 aliphatic rings. The Morgan fingerprint density at radius 2 is 1.87 bits per heavy atom. The van der Waals surface area contributed by atoms with Gasteiger partial charge in [0.2, 0.25) is 0 Å². The summed E-state index contributed by atoms with van der Waals surface area (Å²) in [7, 11) is -0.824. The van der Waals surface area contributed by atoms with Crippen LogP contribution < -0.4 is 9.98 Å². The summed E-state index contributed by atoms with van der Waals surface area (Å²) in [6.07, 6.45) is 4.95. The van der Waals surface area contributed by atoms with Crippen LogP contribution >= 0.6 is 8.96 Å². The quantitative estimate of drug-likeness (QED) is 0.794. The molecule has 0 aliphatic heterocycles. The standard InChI is InChI=1S/C12H18NOP/c14-15-13-12-9-5-4-8-11(12)10-6-2-1-3-7-10/h1-3,6-7,11-13H,4-5,8-9,15H2. The summed E-state index contributed by atoms with van der Waals surface area (Å²) in [6.45, 7) is 0. The summed E-state index contributed by atoms with van der Waals surface area (Å²) >= 11 is 0. The maximum atomic E-state index is 10.7. The molecule has 0 bridgehead atoms. The second-order valence-electron chi connectivity index (χ2n) is 4.19. The van der Waals surface area contributed by atoms with Crippen molar-refractivity contribution in [3.05, 3.63) is 35.9 Å². The van der Waals surface area contributed by atoms with Gasteiger partial charge in [0.25, 0.3) is 0 Å². The third kappa shape index (κ3) is 2.78. The molecule has 0 heterocycles. The molecular weight excluding hydrogens is 205 g/mol. The molecule has 1 aromatic rings. The lowest BCUT2D eigenvalue weighted by atomic mass is 9.80. The van der Waals surface area contributed by atoms with Crippen LogP contribution in [0.25, 0.3) is 0 Å². The molecule has 82 valence electrons. The van der Waals surface area contributed by atoms with Gasteiger partial charge in [0.15, 0.2) is 0 Å². The van der Waals surface area contributed by atoms with Crippen molar-refractivity contribution in [1.82, 2.24) is 5.09 Å². The zero-order chi connectivity index (χ0) is 10.5. The summed E-state index contributed by atoms with van der Waals surface area (Å²) < 4.78 is 0. The Kier molecular flexibility index (Phi) is 4.13. The highest BCUT2D eigenvalue weighted by Crippen LogP contribution is 2.33. The summed E-state index contributed by atoms with van der Waals surface area (Å²) in [5.74, 6) is 0.557. The van der Waals surface area contributed by atoms with Crippen LogP contribution in [0.2, 0.25) is 0 Å². The Balaban J connectivity index is 2.11. The van der Waals surface area contributed by atoms with Crippen molar-refractivity contribution in [2.45, 2.75) is 37.6 Å². The van der Waals surface area contributed by atoms with E-state index in [0.717, 1.165) is 6.42 Å². The average Bonchev–Trinajstić information content (AvgIpc) is 2.31. The fourth-order valence-electron chi connectivity index (χ4n) is 2.52. The molecule has 2 nitrogen and oxygen atoms in total. The van der Waals surface area contributed by atoms with Crippen LogP contribution in [0.5, 0.6) is 0 Å². The predicted octanol–water partition coefficient (Wildman–Crippen LogP) is 1.90. The van der Waals surface area contributed by atoms with E-state index in [1.54, 1.807) is 0 Å². The van der Waals surface area contributed by atoms with Gasteiger partial charge < -0.3 is 4.89 Å². The van der Waals surface area contributed by atoms with Gasteiger partial charge in [-0.3, -0.25) is 0 Å². The summed E-state index contributed by atoms with van der Waals surface area (Å²) in [5.41, 5.74) is 1.39. The van der Waals surface area contributed by atoms with Crippen molar-refractivity contribution in [3.63, 3.8) is 0 Å². The van der Waals surface area contributed by atoms with E-state index < -0.39 is 8.96 Å². The van der Waals surface area contributed by atoms with Gasteiger partial charge in [0, 0.05) is 20.9 Å². The first-order valence-electron chi connectivity index (χ1n) is 5.66. The summed E-state index contributed by atoms with van der Waals surface area (Å²) in [5, 5.41) is 3.16. The fraction of sp³-hybridized carbons (Fsp3) is 0.500. The molecule has 0 amide bonds. The van der Waals surface area contributed by atoms with E-state index in [1.807, 2.05) is 6.07 Å². The van der Waals surface area contributed by atoms with E-state index >= 15 is 0 Å². The van der Waals surface area contributed by atoms with Crippen molar-refractivity contribution >= 4 is 8.96 Å². The van der Waals surface area contributed by atoms with Crippen molar-refractivity contribution in [2.24, 2.45) is 0 Å². The highest BCUT2D eigenvalue weighted by Gasteiger charge is 2.26. The second kappa shape index (κ2) is 5.60. The van der Waals surface area contributed by atoms with Crippen molar-refractivity contribution in [3.8, 4) is 0 Å². The molecule has 1 fully saturated rings. The highest BCUT2D eigenvalue weighted by atomic mass is 31.1. The van der Waals surface area contributed by atoms with E-state index in [0.29, 0.717) is 12.0 Å². The molecule has 3 unspecified atom stereocenters. The molecule has 3 atom stereocenters. The van der Waals surface area contributed by atoms with E-state index in [1.165, 1.54) is 24.8 Å². The molecule has 0 saturated heterocycles. The van der Waals surface area contributed by atoms with Crippen molar-refractivity contribution < 1.29 is 4.89 Å². The van der Waals surface area contributed by atoms with Gasteiger partial charge in [-0.1, -0.05) is 43.2 Å². The van der Waals surface area contributed by atoms with E-state index in [4.69, 9.17) is 0 Å². The third-order valence-electron chi connectivity index (χ3n) is 3.28. The number of rotatable bonds is 3. The van der Waals surface area contributed by atoms with Crippen LogP contribution in [-0.2, 0) is 0 Å². The van der Waals surface area contributed by atoms with Crippen LogP contribution in [0.3, 0.4) is 0 Å². The summed E-state index contributed by atoms with van der Waals surface area (Å²) in [4.78, 5) is 10.7. The van der Waals surface area contributed by atoms with Crippen molar-refractivity contribution in [2.75, 3.05) is 0 Å². The van der Waals surface area contributed by atoms with E-state index in [-0.39, 0.29) is 0 Å². The van der Waals surface area contributed by atoms with Gasteiger partial charge >= 0.3 is 0 Å². The molecule has 1 saturated carbocycles. The minimum atomic E-state index is -0.824. The average molecular weight is 223 g/mol. The fourth-order valence-corrected chi connectivity index (χ4v) is 3.09. The Hall–Kier alpha value is -0.430. The van der Waals surface area contributed by atoms with Crippen LogP contribution in [0.4, 0.5) is 0 Å². The number of hydrogen-bond acceptors (Lipinski definition) is 2. The van der Waals surface area contributed by atoms with Gasteiger partial charge in [0.1, 0.15) is 0 Å². The Bertz CT molecular complexity index is 289. The van der Waals surface area contributed by atoms with Gasteiger partial charge in [-0.05, 0) is 18.4 Å². The molecule has 2 rings (SSSR count). The molecular formula is C12H18NOP. The predicted molar refractivity (Wildman–Crippen MR) is 64.3 cm³/mol. The molecule has 1 aliphatic carbocycles. The van der Waals surface area contributed by atoms with Crippen LogP contribution in [0.15, 0.2) is 30.3 Å². The first-order chi connectivity index (χ1) is 7.42. The zero-order valence-corrected chi connectivity index (χ0v) is 10.0. The number of benzene rings is 1. The maximum absolute atomic E-state index is 10.7. The van der Waals surface area contributed by atoms with Crippen LogP contribution in [-0.4, -0.2) is 6.04 Å². The first-order valence-corrected chi connectivity index (χ1v) is 6.71. The molecule has 1 N–H and O–H groups in total. The van der Waals surface area contributed by atoms with Crippen molar-refractivity contribution in [1.29, 1.82) is 0 Å². The molecule has 1 aromatic carbocycles. The third-order valence-corrected chi connectivity index (χ3v) is 3.84. The number of hydrogen-bond donors (Lipinski definition) is 1. The van der Waals surface area contributed by atoms with Gasteiger partial charge in [-0.15, -0.1) is 0 Å². The molecule has 0 radical (unpaired) electrons. The lowest BCUT2D eigenvalue weighted by Gasteiger charge is -2.31. The van der Waals surface area contributed by atoms with E-state index in [2.05, 4.69) is 29.4 Å². The van der Waals surface area contributed by atoms with E-state index in [9.17, 15) is 4.89 Å². The Labute approximate surface area is 93.0 Å². The lowest BCUT2D eigenvalue weighted by Crippen LogP contribution is -2.33. The largest absolute Gasteiger partial charge is 0.669 e. The monoisotopic (exact) mass is 223 g/mol. The molecule has 0 aromatic heterocycles. The highest BCUT2D eigenvalue weighted by molar-refractivity contribution is 7.26. The molecule has 3 heteroatoms. The topological polar surface area (TPSA) is 35.1 Å². The molecule has 0 spiro atoms. The minimum Gasteiger partial charge on any atom is -0.669 e. The van der Waals surface area contributed by atoms with Gasteiger partial charge in [-0.25, -0.2) is 0 Å². The Morgan fingerprint density at radius 1 is 1.13 bits per heavy atom. The minimum absolute atomic E-state index is 0.425. The van der Waals surface area contributed by atoms with Crippen LogP contribution in [0.1, 0.15) is 37.2 Å². The van der Waals surface area contributed by atoms with Gasteiger partial charge in [0.05, 0.1) is 0 Å². The maximum Gasteiger partial charge on any atom is 0.0475 e. The second-order valence-corrected chi connectivity index (χ2v) is 4.76. The SMILES string of the molecule is [O-][PH2+]NC1CCCCC1c1ccccc1.